The number of ether oxygens (including phenoxy) is 1. The molecule has 0 aliphatic carbocycles. The number of fused-ring (bicyclic) bond motifs is 1. The van der Waals surface area contributed by atoms with Crippen LogP contribution >= 0.6 is 0 Å². The molecule has 4 nitrogen and oxygen atoms in total. The Hall–Kier alpha value is -2.62. The van der Waals surface area contributed by atoms with Crippen LogP contribution in [0.4, 0.5) is 0 Å². The summed E-state index contributed by atoms with van der Waals surface area (Å²) in [6.45, 7) is 8.28. The van der Waals surface area contributed by atoms with Gasteiger partial charge in [-0.15, -0.1) is 0 Å². The number of amides is 2. The second-order valence-electron chi connectivity index (χ2n) is 6.87. The van der Waals surface area contributed by atoms with Gasteiger partial charge in [-0.3, -0.25) is 14.5 Å². The number of carbonyl (C=O) groups is 2. The molecule has 0 saturated heterocycles. The average molecular weight is 337 g/mol. The van der Waals surface area contributed by atoms with E-state index in [1.165, 1.54) is 4.90 Å². The van der Waals surface area contributed by atoms with Crippen molar-refractivity contribution >= 4 is 11.8 Å². The number of para-hydroxylation sites is 1. The lowest BCUT2D eigenvalue weighted by molar-refractivity contribution is 0.0471. The van der Waals surface area contributed by atoms with E-state index >= 15 is 0 Å². The average Bonchev–Trinajstić information content (AvgIpc) is 2.82. The van der Waals surface area contributed by atoms with E-state index in [0.717, 1.165) is 16.9 Å². The fourth-order valence-electron chi connectivity index (χ4n) is 3.27. The first-order valence-electron chi connectivity index (χ1n) is 8.57. The molecular weight excluding hydrogens is 314 g/mol. The van der Waals surface area contributed by atoms with Crippen LogP contribution in [-0.4, -0.2) is 29.4 Å². The number of benzene rings is 2. The van der Waals surface area contributed by atoms with Crippen LogP contribution in [0.5, 0.6) is 5.75 Å². The van der Waals surface area contributed by atoms with E-state index in [-0.39, 0.29) is 30.4 Å². The lowest BCUT2D eigenvalue weighted by Gasteiger charge is -2.29. The van der Waals surface area contributed by atoms with Gasteiger partial charge in [-0.25, -0.2) is 0 Å². The molecule has 0 bridgehead atoms. The minimum absolute atomic E-state index is 0.0894. The third-order valence-electron chi connectivity index (χ3n) is 4.73. The molecule has 2 aromatic carbocycles. The van der Waals surface area contributed by atoms with Crippen LogP contribution < -0.4 is 4.74 Å². The van der Waals surface area contributed by atoms with Gasteiger partial charge in [-0.05, 0) is 43.0 Å². The monoisotopic (exact) mass is 337 g/mol. The molecule has 0 spiro atoms. The van der Waals surface area contributed by atoms with Crippen molar-refractivity contribution in [3.63, 3.8) is 0 Å². The summed E-state index contributed by atoms with van der Waals surface area (Å²) in [5.74, 6) is 0.449. The van der Waals surface area contributed by atoms with Crippen molar-refractivity contribution in [2.24, 2.45) is 5.92 Å². The molecule has 1 atom stereocenters. The quantitative estimate of drug-likeness (QED) is 0.775. The lowest BCUT2D eigenvalue weighted by Crippen LogP contribution is -2.46. The van der Waals surface area contributed by atoms with Crippen molar-refractivity contribution in [3.8, 4) is 5.75 Å². The van der Waals surface area contributed by atoms with Crippen LogP contribution in [0.2, 0.25) is 0 Å². The second kappa shape index (κ2) is 6.71. The molecule has 3 rings (SSSR count). The fourth-order valence-corrected chi connectivity index (χ4v) is 3.27. The highest BCUT2D eigenvalue weighted by Crippen LogP contribution is 2.29. The van der Waals surface area contributed by atoms with Crippen molar-refractivity contribution in [2.45, 2.75) is 33.7 Å². The normalized spacial score (nSPS) is 14.8. The Morgan fingerprint density at radius 2 is 1.40 bits per heavy atom. The predicted molar refractivity (Wildman–Crippen MR) is 97.0 cm³/mol. The summed E-state index contributed by atoms with van der Waals surface area (Å²) in [6, 6.07) is 12.6. The number of hydrogen-bond donors (Lipinski definition) is 0. The van der Waals surface area contributed by atoms with Gasteiger partial charge in [-0.1, -0.05) is 44.2 Å². The molecule has 130 valence electrons. The van der Waals surface area contributed by atoms with E-state index in [2.05, 4.69) is 0 Å². The summed E-state index contributed by atoms with van der Waals surface area (Å²) >= 11 is 0. The van der Waals surface area contributed by atoms with Crippen molar-refractivity contribution in [3.05, 3.63) is 64.7 Å². The van der Waals surface area contributed by atoms with E-state index < -0.39 is 0 Å². The molecular formula is C21H23NO3. The van der Waals surface area contributed by atoms with Crippen LogP contribution in [0.15, 0.2) is 42.5 Å². The molecule has 0 saturated carbocycles. The van der Waals surface area contributed by atoms with Gasteiger partial charge in [0.15, 0.2) is 0 Å². The highest BCUT2D eigenvalue weighted by Gasteiger charge is 2.41. The first-order chi connectivity index (χ1) is 11.9. The predicted octanol–water partition coefficient (Wildman–Crippen LogP) is 4.00. The summed E-state index contributed by atoms with van der Waals surface area (Å²) in [6.07, 6.45) is 0. The minimum atomic E-state index is -0.314. The smallest absolute Gasteiger partial charge is 0.261 e. The third-order valence-corrected chi connectivity index (χ3v) is 4.73. The van der Waals surface area contributed by atoms with Crippen LogP contribution in [0, 0.1) is 19.8 Å². The van der Waals surface area contributed by atoms with Crippen molar-refractivity contribution < 1.29 is 14.3 Å². The van der Waals surface area contributed by atoms with Gasteiger partial charge in [0, 0.05) is 0 Å². The molecule has 0 N–H and O–H groups in total. The molecule has 1 aliphatic heterocycles. The first kappa shape index (κ1) is 17.2. The van der Waals surface area contributed by atoms with E-state index in [1.54, 1.807) is 24.3 Å². The standard InChI is InChI=1S/C21H23NO3/c1-13(2)18(12-25-19-14(3)8-7-9-15(19)4)22-20(23)16-10-5-6-11-17(16)21(22)24/h5-11,13,18H,12H2,1-4H3/t18-/m0/s1. The maximum absolute atomic E-state index is 12.7. The van der Waals surface area contributed by atoms with Crippen LogP contribution in [0.3, 0.4) is 0 Å². The fraction of sp³-hybridized carbons (Fsp3) is 0.333. The number of nitrogens with zero attached hydrogens (tertiary/aromatic N) is 1. The van der Waals surface area contributed by atoms with Crippen molar-refractivity contribution in [1.29, 1.82) is 0 Å². The Labute approximate surface area is 148 Å². The summed E-state index contributed by atoms with van der Waals surface area (Å²) < 4.78 is 6.05. The Bertz CT molecular complexity index is 770. The number of rotatable bonds is 5. The van der Waals surface area contributed by atoms with Gasteiger partial charge in [0.25, 0.3) is 11.8 Å². The second-order valence-corrected chi connectivity index (χ2v) is 6.87. The van der Waals surface area contributed by atoms with E-state index in [0.29, 0.717) is 11.1 Å². The van der Waals surface area contributed by atoms with Gasteiger partial charge in [0.1, 0.15) is 12.4 Å². The zero-order chi connectivity index (χ0) is 18.1. The molecule has 0 fully saturated rings. The summed E-state index contributed by atoms with van der Waals surface area (Å²) in [5, 5.41) is 0. The maximum Gasteiger partial charge on any atom is 0.261 e. The zero-order valence-electron chi connectivity index (χ0n) is 15.1. The van der Waals surface area contributed by atoms with Gasteiger partial charge in [-0.2, -0.15) is 0 Å². The highest BCUT2D eigenvalue weighted by atomic mass is 16.5. The number of carbonyl (C=O) groups excluding carboxylic acids is 2. The molecule has 2 amide bonds. The van der Waals surface area contributed by atoms with Crippen LogP contribution in [0.25, 0.3) is 0 Å². The first-order valence-corrected chi connectivity index (χ1v) is 8.57. The van der Waals surface area contributed by atoms with Gasteiger partial charge in [0.05, 0.1) is 17.2 Å². The third kappa shape index (κ3) is 3.04. The Balaban J connectivity index is 1.86. The van der Waals surface area contributed by atoms with E-state index in [1.807, 2.05) is 45.9 Å². The number of aryl methyl sites for hydroxylation is 2. The van der Waals surface area contributed by atoms with Gasteiger partial charge in [0.2, 0.25) is 0 Å². The van der Waals surface area contributed by atoms with Crippen LogP contribution in [0.1, 0.15) is 45.7 Å². The Morgan fingerprint density at radius 1 is 0.880 bits per heavy atom. The molecule has 0 radical (unpaired) electrons. The van der Waals surface area contributed by atoms with Crippen LogP contribution in [-0.2, 0) is 0 Å². The molecule has 0 aromatic heterocycles. The molecule has 4 heteroatoms. The zero-order valence-corrected chi connectivity index (χ0v) is 15.1. The minimum Gasteiger partial charge on any atom is -0.491 e. The van der Waals surface area contributed by atoms with E-state index in [4.69, 9.17) is 4.74 Å². The highest BCUT2D eigenvalue weighted by molar-refractivity contribution is 6.21. The van der Waals surface area contributed by atoms with Crippen molar-refractivity contribution in [2.75, 3.05) is 6.61 Å². The maximum atomic E-state index is 12.7. The molecule has 1 aliphatic rings. The van der Waals surface area contributed by atoms with Gasteiger partial charge < -0.3 is 4.74 Å². The van der Waals surface area contributed by atoms with Crippen molar-refractivity contribution in [1.82, 2.24) is 4.90 Å². The topological polar surface area (TPSA) is 46.6 Å². The molecule has 1 heterocycles. The number of imide groups is 1. The van der Waals surface area contributed by atoms with E-state index in [9.17, 15) is 9.59 Å². The molecule has 25 heavy (non-hydrogen) atoms. The summed E-state index contributed by atoms with van der Waals surface area (Å²) in [7, 11) is 0. The lowest BCUT2D eigenvalue weighted by atomic mass is 10.0. The SMILES string of the molecule is Cc1cccc(C)c1OC[C@@H](C(C)C)N1C(=O)c2ccccc2C1=O. The molecule has 2 aromatic rings. The Kier molecular flexibility index (Phi) is 4.62. The Morgan fingerprint density at radius 3 is 1.88 bits per heavy atom. The number of hydrogen-bond acceptors (Lipinski definition) is 3. The van der Waals surface area contributed by atoms with Gasteiger partial charge >= 0.3 is 0 Å². The summed E-state index contributed by atoms with van der Waals surface area (Å²) in [4.78, 5) is 26.9. The molecule has 0 unspecified atom stereocenters. The summed E-state index contributed by atoms with van der Waals surface area (Å²) in [5.41, 5.74) is 3.05. The largest absolute Gasteiger partial charge is 0.491 e.